The van der Waals surface area contributed by atoms with Gasteiger partial charge < -0.3 is 5.11 Å². The Morgan fingerprint density at radius 3 is 2.35 bits per heavy atom. The van der Waals surface area contributed by atoms with Gasteiger partial charge in [0.05, 0.1) is 5.56 Å². The molecule has 0 atom stereocenters. The highest BCUT2D eigenvalue weighted by Gasteiger charge is 2.06. The van der Waals surface area contributed by atoms with Crippen LogP contribution in [-0.4, -0.2) is 20.4 Å². The van der Waals surface area contributed by atoms with Crippen LogP contribution in [-0.2, 0) is 0 Å². The Bertz CT molecular complexity index is 684. The number of carboxylic acid groups (broad SMARTS) is 1. The van der Waals surface area contributed by atoms with Crippen molar-refractivity contribution < 1.29 is 9.90 Å². The Morgan fingerprint density at radius 2 is 1.71 bits per heavy atom. The quantitative estimate of drug-likeness (QED) is 0.791. The highest BCUT2D eigenvalue weighted by molar-refractivity contribution is 5.87. The molecular formula is C11H8N2O4. The summed E-state index contributed by atoms with van der Waals surface area (Å²) >= 11 is 0. The summed E-state index contributed by atoms with van der Waals surface area (Å²) in [5.74, 6) is -1.16. The summed E-state index contributed by atoms with van der Waals surface area (Å²) in [6.07, 6.45) is 2.49. The minimum absolute atomic E-state index is 0.0691. The van der Waals surface area contributed by atoms with Crippen molar-refractivity contribution in [3.05, 3.63) is 69.0 Å². The minimum atomic E-state index is -1.16. The normalized spacial score (nSPS) is 10.1. The fourth-order valence-corrected chi connectivity index (χ4v) is 1.37. The maximum absolute atomic E-state index is 11.6. The first-order valence-corrected chi connectivity index (χ1v) is 4.74. The molecule has 0 radical (unpaired) electrons. The first kappa shape index (κ1) is 10.9. The van der Waals surface area contributed by atoms with Crippen molar-refractivity contribution in [2.24, 2.45) is 0 Å². The van der Waals surface area contributed by atoms with E-state index in [9.17, 15) is 14.4 Å². The van der Waals surface area contributed by atoms with Crippen LogP contribution < -0.4 is 11.1 Å². The summed E-state index contributed by atoms with van der Waals surface area (Å²) in [5.41, 5.74) is -0.971. The van der Waals surface area contributed by atoms with Crippen LogP contribution in [0.3, 0.4) is 0 Å². The number of pyridine rings is 2. The molecule has 6 nitrogen and oxygen atoms in total. The highest BCUT2D eigenvalue weighted by atomic mass is 16.4. The molecule has 86 valence electrons. The van der Waals surface area contributed by atoms with E-state index in [2.05, 4.69) is 0 Å². The van der Waals surface area contributed by atoms with E-state index >= 15 is 0 Å². The fraction of sp³-hybridized carbons (Fsp3) is 0. The van der Waals surface area contributed by atoms with E-state index in [1.54, 1.807) is 6.07 Å². The number of carbonyl (C=O) groups is 1. The topological polar surface area (TPSA) is 81.3 Å². The molecule has 6 heteroatoms. The molecule has 0 amide bonds. The molecule has 0 bridgehead atoms. The van der Waals surface area contributed by atoms with E-state index < -0.39 is 17.1 Å². The Morgan fingerprint density at radius 1 is 1.00 bits per heavy atom. The molecule has 0 fully saturated rings. The number of hydrogen-bond donors (Lipinski definition) is 1. The molecule has 2 heterocycles. The Kier molecular flexibility index (Phi) is 2.61. The van der Waals surface area contributed by atoms with Gasteiger partial charge in [-0.3, -0.25) is 9.59 Å². The van der Waals surface area contributed by atoms with E-state index in [-0.39, 0.29) is 5.56 Å². The van der Waals surface area contributed by atoms with Crippen LogP contribution in [0, 0.1) is 0 Å². The van der Waals surface area contributed by atoms with Crippen molar-refractivity contribution in [2.45, 2.75) is 0 Å². The molecule has 2 aromatic rings. The molecule has 2 rings (SSSR count). The predicted octanol–water partition coefficient (Wildman–Crippen LogP) is 0.0196. The molecular weight excluding hydrogens is 224 g/mol. The number of carboxylic acids is 1. The average Bonchev–Trinajstić information content (AvgIpc) is 2.30. The minimum Gasteiger partial charge on any atom is -0.478 e. The van der Waals surface area contributed by atoms with Gasteiger partial charge in [0.1, 0.15) is 0 Å². The largest absolute Gasteiger partial charge is 0.478 e. The molecule has 0 aliphatic heterocycles. The van der Waals surface area contributed by atoms with Gasteiger partial charge in [-0.15, -0.1) is 0 Å². The molecule has 0 unspecified atom stereocenters. The van der Waals surface area contributed by atoms with Crippen LogP contribution in [0.25, 0.3) is 0 Å². The van der Waals surface area contributed by atoms with Gasteiger partial charge >= 0.3 is 5.97 Å². The number of rotatable bonds is 2. The molecule has 0 saturated heterocycles. The molecule has 2 aromatic heterocycles. The van der Waals surface area contributed by atoms with Gasteiger partial charge in [-0.2, -0.15) is 0 Å². The number of aromatic carboxylic acids is 1. The van der Waals surface area contributed by atoms with Gasteiger partial charge in [0.25, 0.3) is 11.1 Å². The van der Waals surface area contributed by atoms with E-state index in [1.807, 2.05) is 0 Å². The highest BCUT2D eigenvalue weighted by Crippen LogP contribution is 1.95. The molecule has 0 aliphatic rings. The number of aromatic nitrogens is 2. The van der Waals surface area contributed by atoms with Gasteiger partial charge in [-0.1, -0.05) is 6.07 Å². The summed E-state index contributed by atoms with van der Waals surface area (Å²) in [7, 11) is 0. The molecule has 1 N–H and O–H groups in total. The van der Waals surface area contributed by atoms with Gasteiger partial charge in [0.2, 0.25) is 0 Å². The summed E-state index contributed by atoms with van der Waals surface area (Å²) in [6.45, 7) is 0. The van der Waals surface area contributed by atoms with Crippen molar-refractivity contribution in [1.82, 2.24) is 9.35 Å². The lowest BCUT2D eigenvalue weighted by molar-refractivity contribution is 0.0695. The third kappa shape index (κ3) is 2.00. The van der Waals surface area contributed by atoms with Crippen LogP contribution in [0.4, 0.5) is 0 Å². The molecule has 0 aliphatic carbocycles. The Labute approximate surface area is 95.0 Å². The molecule has 0 spiro atoms. The van der Waals surface area contributed by atoms with Crippen molar-refractivity contribution in [3.63, 3.8) is 0 Å². The smallest absolute Gasteiger partial charge is 0.337 e. The SMILES string of the molecule is O=C(O)c1ccc(=O)n(-n2ccccc2=O)c1. The second kappa shape index (κ2) is 4.09. The standard InChI is InChI=1S/C11H8N2O4/c14-9-3-1-2-6-12(9)13-7-8(11(16)17)4-5-10(13)15/h1-7H,(H,16,17). The lowest BCUT2D eigenvalue weighted by Gasteiger charge is -2.08. The van der Waals surface area contributed by atoms with Crippen molar-refractivity contribution in [2.75, 3.05) is 0 Å². The van der Waals surface area contributed by atoms with Crippen molar-refractivity contribution in [3.8, 4) is 0 Å². The lowest BCUT2D eigenvalue weighted by atomic mass is 10.3. The third-order valence-electron chi connectivity index (χ3n) is 2.17. The van der Waals surface area contributed by atoms with Gasteiger partial charge in [-0.05, 0) is 12.1 Å². The number of hydrogen-bond acceptors (Lipinski definition) is 3. The van der Waals surface area contributed by atoms with Crippen molar-refractivity contribution in [1.29, 1.82) is 0 Å². The second-order valence-electron chi connectivity index (χ2n) is 3.29. The second-order valence-corrected chi connectivity index (χ2v) is 3.29. The monoisotopic (exact) mass is 232 g/mol. The van der Waals surface area contributed by atoms with Crippen LogP contribution in [0.15, 0.2) is 52.3 Å². The van der Waals surface area contributed by atoms with Crippen molar-refractivity contribution >= 4 is 5.97 Å². The first-order valence-electron chi connectivity index (χ1n) is 4.74. The van der Waals surface area contributed by atoms with E-state index in [0.717, 1.165) is 21.6 Å². The fourth-order valence-electron chi connectivity index (χ4n) is 1.37. The summed E-state index contributed by atoms with van der Waals surface area (Å²) in [6, 6.07) is 6.67. The van der Waals surface area contributed by atoms with Crippen LogP contribution in [0.2, 0.25) is 0 Å². The average molecular weight is 232 g/mol. The third-order valence-corrected chi connectivity index (χ3v) is 2.17. The summed E-state index contributed by atoms with van der Waals surface area (Å²) in [4.78, 5) is 33.8. The van der Waals surface area contributed by atoms with Gasteiger partial charge in [0.15, 0.2) is 0 Å². The van der Waals surface area contributed by atoms with E-state index in [1.165, 1.54) is 24.4 Å². The van der Waals surface area contributed by atoms with Gasteiger partial charge in [0, 0.05) is 24.5 Å². The molecule has 0 aromatic carbocycles. The zero-order chi connectivity index (χ0) is 12.4. The number of nitrogens with zero attached hydrogens (tertiary/aromatic N) is 2. The maximum atomic E-state index is 11.6. The Hall–Kier alpha value is -2.63. The zero-order valence-electron chi connectivity index (χ0n) is 8.61. The summed E-state index contributed by atoms with van der Waals surface area (Å²) in [5, 5.41) is 8.81. The first-order chi connectivity index (χ1) is 8.09. The molecule has 17 heavy (non-hydrogen) atoms. The van der Waals surface area contributed by atoms with E-state index in [4.69, 9.17) is 5.11 Å². The lowest BCUT2D eigenvalue weighted by Crippen LogP contribution is -2.33. The predicted molar refractivity (Wildman–Crippen MR) is 59.2 cm³/mol. The molecule has 0 saturated carbocycles. The Balaban J connectivity index is 2.72. The van der Waals surface area contributed by atoms with Crippen LogP contribution >= 0.6 is 0 Å². The maximum Gasteiger partial charge on any atom is 0.337 e. The van der Waals surface area contributed by atoms with E-state index in [0.29, 0.717) is 0 Å². The zero-order valence-corrected chi connectivity index (χ0v) is 8.61. The van der Waals surface area contributed by atoms with Crippen LogP contribution in [0.1, 0.15) is 10.4 Å². The summed E-state index contributed by atoms with van der Waals surface area (Å²) < 4.78 is 1.99. The van der Waals surface area contributed by atoms with Crippen LogP contribution in [0.5, 0.6) is 0 Å². The van der Waals surface area contributed by atoms with Gasteiger partial charge in [-0.25, -0.2) is 14.1 Å².